The molecule has 0 aromatic carbocycles. The van der Waals surface area contributed by atoms with E-state index in [1.807, 2.05) is 0 Å². The molecule has 20 heavy (non-hydrogen) atoms. The third-order valence-electron chi connectivity index (χ3n) is 2.00. The van der Waals surface area contributed by atoms with Gasteiger partial charge in [-0.1, -0.05) is 6.58 Å². The molecule has 0 unspecified atom stereocenters. The van der Waals surface area contributed by atoms with Crippen LogP contribution in [0.1, 0.15) is 45.4 Å². The molecule has 5 N–H and O–H groups in total. The summed E-state index contributed by atoms with van der Waals surface area (Å²) in [7, 11) is 0. The molecule has 0 atom stereocenters. The molecule has 122 valence electrons. The quantitative estimate of drug-likeness (QED) is 0.319. The van der Waals surface area contributed by atoms with Crippen molar-refractivity contribution in [2.45, 2.75) is 45.4 Å². The zero-order valence-electron chi connectivity index (χ0n) is 12.4. The fourth-order valence-corrected chi connectivity index (χ4v) is 0.801. The van der Waals surface area contributed by atoms with Crippen molar-refractivity contribution >= 4 is 5.97 Å². The Morgan fingerprint density at radius 2 is 0.950 bits per heavy atom. The SMILES string of the molecule is C=C(C)C(=O)O.OCCCCCO.OCCCCCO. The van der Waals surface area contributed by atoms with Crippen molar-refractivity contribution in [3.05, 3.63) is 12.2 Å². The lowest BCUT2D eigenvalue weighted by atomic mass is 10.2. The Bertz CT molecular complexity index is 176. The second-order valence-corrected chi connectivity index (χ2v) is 4.10. The molecule has 0 rings (SSSR count). The van der Waals surface area contributed by atoms with E-state index in [4.69, 9.17) is 25.5 Å². The number of hydrogen-bond acceptors (Lipinski definition) is 5. The Labute approximate surface area is 121 Å². The van der Waals surface area contributed by atoms with Crippen LogP contribution in [0.3, 0.4) is 0 Å². The van der Waals surface area contributed by atoms with Crippen molar-refractivity contribution in [1.29, 1.82) is 0 Å². The van der Waals surface area contributed by atoms with Crippen LogP contribution in [0.25, 0.3) is 0 Å². The number of aliphatic hydroxyl groups is 4. The summed E-state index contributed by atoms with van der Waals surface area (Å²) >= 11 is 0. The molecule has 0 aromatic rings. The number of carboxylic acids is 1. The second-order valence-electron chi connectivity index (χ2n) is 4.10. The van der Waals surface area contributed by atoms with Gasteiger partial charge >= 0.3 is 5.97 Å². The number of carbonyl (C=O) groups is 1. The molecule has 0 amide bonds. The molecule has 0 spiro atoms. The molecule has 0 aromatic heterocycles. The highest BCUT2D eigenvalue weighted by molar-refractivity contribution is 5.84. The standard InChI is InChI=1S/2C5H12O2.C4H6O2/c2*6-4-2-1-3-5-7;1-3(2)4(5)6/h2*6-7H,1-5H2;1H2,2H3,(H,5,6). The molecule has 0 radical (unpaired) electrons. The van der Waals surface area contributed by atoms with Crippen LogP contribution in [-0.4, -0.2) is 57.9 Å². The molecular weight excluding hydrogens is 264 g/mol. The Morgan fingerprint density at radius 3 is 1.05 bits per heavy atom. The first-order valence-electron chi connectivity index (χ1n) is 6.80. The van der Waals surface area contributed by atoms with Gasteiger partial charge in [0.2, 0.25) is 0 Å². The van der Waals surface area contributed by atoms with Gasteiger partial charge in [-0.25, -0.2) is 4.79 Å². The van der Waals surface area contributed by atoms with E-state index in [0.717, 1.165) is 38.5 Å². The number of aliphatic hydroxyl groups excluding tert-OH is 4. The molecule has 0 aliphatic carbocycles. The lowest BCUT2D eigenvalue weighted by Crippen LogP contribution is -1.92. The smallest absolute Gasteiger partial charge is 0.330 e. The third kappa shape index (κ3) is 36.0. The molecule has 0 bridgehead atoms. The maximum atomic E-state index is 9.60. The number of hydrogen-bond donors (Lipinski definition) is 5. The first kappa shape index (κ1) is 24.1. The van der Waals surface area contributed by atoms with Crippen molar-refractivity contribution in [3.63, 3.8) is 0 Å². The van der Waals surface area contributed by atoms with Crippen LogP contribution in [0.5, 0.6) is 0 Å². The fourth-order valence-electron chi connectivity index (χ4n) is 0.801. The summed E-state index contributed by atoms with van der Waals surface area (Å²) in [4.78, 5) is 9.60. The minimum absolute atomic E-state index is 0.176. The Morgan fingerprint density at radius 1 is 0.750 bits per heavy atom. The average Bonchev–Trinajstić information content (AvgIpc) is 2.41. The Balaban J connectivity index is -0.000000218. The number of aliphatic carboxylic acids is 1. The van der Waals surface area contributed by atoms with Crippen LogP contribution in [0, 0.1) is 0 Å². The Hall–Kier alpha value is -0.950. The zero-order valence-corrected chi connectivity index (χ0v) is 12.4. The van der Waals surface area contributed by atoms with Crippen molar-refractivity contribution in [2.75, 3.05) is 26.4 Å². The normalized spacial score (nSPS) is 8.85. The Kier molecular flexibility index (Phi) is 27.9. The van der Waals surface area contributed by atoms with E-state index >= 15 is 0 Å². The van der Waals surface area contributed by atoms with Crippen LogP contribution in [0.15, 0.2) is 12.2 Å². The second kappa shape index (κ2) is 23.2. The van der Waals surface area contributed by atoms with Crippen molar-refractivity contribution in [2.24, 2.45) is 0 Å². The first-order valence-corrected chi connectivity index (χ1v) is 6.80. The number of rotatable bonds is 9. The van der Waals surface area contributed by atoms with Crippen molar-refractivity contribution < 1.29 is 30.3 Å². The van der Waals surface area contributed by atoms with Gasteiger partial charge in [0, 0.05) is 32.0 Å². The van der Waals surface area contributed by atoms with Crippen LogP contribution in [0.4, 0.5) is 0 Å². The summed E-state index contributed by atoms with van der Waals surface area (Å²) in [6.07, 6.45) is 5.16. The van der Waals surface area contributed by atoms with Gasteiger partial charge in [0.1, 0.15) is 0 Å². The largest absolute Gasteiger partial charge is 0.478 e. The van der Waals surface area contributed by atoms with Gasteiger partial charge in [-0.05, 0) is 45.4 Å². The topological polar surface area (TPSA) is 118 Å². The van der Waals surface area contributed by atoms with E-state index < -0.39 is 5.97 Å². The van der Waals surface area contributed by atoms with Gasteiger partial charge in [0.15, 0.2) is 0 Å². The summed E-state index contributed by atoms with van der Waals surface area (Å²) in [6, 6.07) is 0. The average molecular weight is 294 g/mol. The van der Waals surface area contributed by atoms with Crippen LogP contribution < -0.4 is 0 Å². The third-order valence-corrected chi connectivity index (χ3v) is 2.00. The van der Waals surface area contributed by atoms with E-state index in [9.17, 15) is 4.79 Å². The van der Waals surface area contributed by atoms with Gasteiger partial charge in [0.05, 0.1) is 0 Å². The minimum atomic E-state index is -0.935. The maximum Gasteiger partial charge on any atom is 0.330 e. The summed E-state index contributed by atoms with van der Waals surface area (Å²) in [5.41, 5.74) is 0.176. The fraction of sp³-hybridized carbons (Fsp3) is 0.786. The summed E-state index contributed by atoms with van der Waals surface area (Å²) in [5.74, 6) is -0.935. The molecule has 0 aliphatic rings. The van der Waals surface area contributed by atoms with Crippen LogP contribution in [0.2, 0.25) is 0 Å². The van der Waals surface area contributed by atoms with Crippen LogP contribution >= 0.6 is 0 Å². The van der Waals surface area contributed by atoms with Gasteiger partial charge < -0.3 is 25.5 Å². The van der Waals surface area contributed by atoms with Gasteiger partial charge in [0.25, 0.3) is 0 Å². The molecule has 6 nitrogen and oxygen atoms in total. The molecular formula is C14H30O6. The summed E-state index contributed by atoms with van der Waals surface area (Å²) < 4.78 is 0. The van der Waals surface area contributed by atoms with Crippen molar-refractivity contribution in [3.8, 4) is 0 Å². The van der Waals surface area contributed by atoms with E-state index in [2.05, 4.69) is 6.58 Å². The molecule has 0 fully saturated rings. The highest BCUT2D eigenvalue weighted by Crippen LogP contribution is 1.90. The highest BCUT2D eigenvalue weighted by Gasteiger charge is 1.90. The minimum Gasteiger partial charge on any atom is -0.478 e. The number of carboxylic acid groups (broad SMARTS) is 1. The predicted octanol–water partition coefficient (Wildman–Crippen LogP) is 0.930. The molecule has 0 aliphatic heterocycles. The van der Waals surface area contributed by atoms with Gasteiger partial charge in [-0.15, -0.1) is 0 Å². The van der Waals surface area contributed by atoms with E-state index in [1.54, 1.807) is 0 Å². The number of unbranched alkanes of at least 4 members (excludes halogenated alkanes) is 4. The molecule has 0 saturated carbocycles. The predicted molar refractivity (Wildman–Crippen MR) is 78.5 cm³/mol. The van der Waals surface area contributed by atoms with Gasteiger partial charge in [-0.3, -0.25) is 0 Å². The summed E-state index contributed by atoms with van der Waals surface area (Å²) in [6.45, 7) is 5.60. The molecule has 6 heteroatoms. The summed E-state index contributed by atoms with van der Waals surface area (Å²) in [5, 5.41) is 40.7. The zero-order chi connectivity index (χ0) is 16.2. The molecule has 0 heterocycles. The van der Waals surface area contributed by atoms with E-state index in [0.29, 0.717) is 0 Å². The lowest BCUT2D eigenvalue weighted by molar-refractivity contribution is -0.132. The van der Waals surface area contributed by atoms with Crippen molar-refractivity contribution in [1.82, 2.24) is 0 Å². The van der Waals surface area contributed by atoms with Gasteiger partial charge in [-0.2, -0.15) is 0 Å². The first-order chi connectivity index (χ1) is 9.47. The monoisotopic (exact) mass is 294 g/mol. The van der Waals surface area contributed by atoms with E-state index in [-0.39, 0.29) is 32.0 Å². The lowest BCUT2D eigenvalue weighted by Gasteiger charge is -1.90. The highest BCUT2D eigenvalue weighted by atomic mass is 16.4. The van der Waals surface area contributed by atoms with Crippen LogP contribution in [-0.2, 0) is 4.79 Å². The maximum absolute atomic E-state index is 9.60. The molecule has 0 saturated heterocycles. The van der Waals surface area contributed by atoms with E-state index in [1.165, 1.54) is 6.92 Å².